The van der Waals surface area contributed by atoms with Crippen LogP contribution >= 0.6 is 11.1 Å². The highest BCUT2D eigenvalue weighted by Crippen LogP contribution is 2.59. The summed E-state index contributed by atoms with van der Waals surface area (Å²) in [5, 5.41) is 0. The number of benzene rings is 2. The molecule has 1 nitrogen and oxygen atoms in total. The zero-order chi connectivity index (χ0) is 18.9. The van der Waals surface area contributed by atoms with Crippen molar-refractivity contribution in [2.45, 2.75) is 50.3 Å². The molecule has 1 aliphatic carbocycles. The van der Waals surface area contributed by atoms with Crippen molar-refractivity contribution in [3.8, 4) is 5.75 Å². The third-order valence-corrected chi connectivity index (χ3v) is 6.32. The maximum Gasteiger partial charge on any atom is 0.244 e. The Hall–Kier alpha value is -1.69. The average Bonchev–Trinajstić information content (AvgIpc) is 2.60. The van der Waals surface area contributed by atoms with Gasteiger partial charge in [-0.3, -0.25) is 0 Å². The fourth-order valence-corrected chi connectivity index (χ4v) is 4.22. The second-order valence-corrected chi connectivity index (χ2v) is 8.52. The Balaban J connectivity index is 1.75. The smallest absolute Gasteiger partial charge is 0.244 e. The molecule has 142 valence electrons. The molecule has 0 N–H and O–H groups in total. The molecule has 6 heteroatoms. The van der Waals surface area contributed by atoms with Gasteiger partial charge in [0.15, 0.2) is 0 Å². The van der Waals surface area contributed by atoms with Crippen LogP contribution in [0.4, 0.5) is 16.6 Å². The molecule has 2 aromatic rings. The van der Waals surface area contributed by atoms with Crippen molar-refractivity contribution in [3.63, 3.8) is 0 Å². The molecule has 0 unspecified atom stereocenters. The van der Waals surface area contributed by atoms with Crippen LogP contribution in [-0.4, -0.2) is 0 Å². The molecule has 3 rings (SSSR count). The van der Waals surface area contributed by atoms with Gasteiger partial charge < -0.3 is 4.18 Å². The number of rotatable bonds is 4. The normalized spacial score (nSPS) is 21.5. The zero-order valence-corrected chi connectivity index (χ0v) is 15.6. The van der Waals surface area contributed by atoms with Crippen molar-refractivity contribution < 1.29 is 20.7 Å². The molecule has 0 aliphatic heterocycles. The third-order valence-electron chi connectivity index (χ3n) is 5.10. The molecule has 1 fully saturated rings. The Morgan fingerprint density at radius 1 is 0.923 bits per heavy atom. The Morgan fingerprint density at radius 3 is 2.00 bits per heavy atom. The molecule has 2 aromatic carbocycles. The topological polar surface area (TPSA) is 9.23 Å². The SMILES string of the molecule is Cc1c(F)cc(OS(F)(F)c2ccc(C3CCC(C)CC3)cc2)cc1F. The Labute approximate surface area is 153 Å². The highest BCUT2D eigenvalue weighted by molar-refractivity contribution is 8.21. The standard InChI is InChI=1S/C20H22F4OS/c1-13-3-5-15(6-4-13)16-7-9-18(10-8-16)26(23,24)25-17-11-19(21)14(2)20(22)12-17/h7-13,15H,3-6H2,1-2H3. The lowest BCUT2D eigenvalue weighted by Gasteiger charge is -2.27. The summed E-state index contributed by atoms with van der Waals surface area (Å²) in [6.45, 7) is 3.47. The molecule has 0 amide bonds. The maximum absolute atomic E-state index is 14.4. The quantitative estimate of drug-likeness (QED) is 0.495. The summed E-state index contributed by atoms with van der Waals surface area (Å²) >= 11 is -4.65. The van der Waals surface area contributed by atoms with Gasteiger partial charge in [0, 0.05) is 17.7 Å². The van der Waals surface area contributed by atoms with E-state index in [4.69, 9.17) is 0 Å². The van der Waals surface area contributed by atoms with Crippen LogP contribution in [0.3, 0.4) is 0 Å². The summed E-state index contributed by atoms with van der Waals surface area (Å²) in [7, 11) is 0. The number of halogens is 4. The van der Waals surface area contributed by atoms with Gasteiger partial charge in [-0.25, -0.2) is 8.78 Å². The van der Waals surface area contributed by atoms with Crippen LogP contribution in [0.1, 0.15) is 49.7 Å². The molecule has 0 spiro atoms. The van der Waals surface area contributed by atoms with Crippen molar-refractivity contribution >= 4 is 11.1 Å². The van der Waals surface area contributed by atoms with E-state index in [0.717, 1.165) is 49.3 Å². The fourth-order valence-electron chi connectivity index (χ4n) is 3.33. The van der Waals surface area contributed by atoms with Crippen LogP contribution < -0.4 is 4.18 Å². The van der Waals surface area contributed by atoms with Crippen molar-refractivity contribution in [2.75, 3.05) is 0 Å². The zero-order valence-electron chi connectivity index (χ0n) is 14.8. The predicted molar refractivity (Wildman–Crippen MR) is 96.6 cm³/mol. The van der Waals surface area contributed by atoms with Crippen molar-refractivity contribution in [1.29, 1.82) is 0 Å². The summed E-state index contributed by atoms with van der Waals surface area (Å²) in [6.07, 6.45) is 4.45. The van der Waals surface area contributed by atoms with E-state index in [9.17, 15) is 16.6 Å². The molecule has 0 heterocycles. The minimum absolute atomic E-state index is 0.221. The summed E-state index contributed by atoms with van der Waals surface area (Å²) in [4.78, 5) is -0.258. The van der Waals surface area contributed by atoms with Gasteiger partial charge >= 0.3 is 0 Å². The van der Waals surface area contributed by atoms with Crippen LogP contribution in [-0.2, 0) is 0 Å². The van der Waals surface area contributed by atoms with Crippen molar-refractivity contribution in [2.24, 2.45) is 5.92 Å². The van der Waals surface area contributed by atoms with Gasteiger partial charge in [0.05, 0.1) is 4.90 Å². The van der Waals surface area contributed by atoms with Crippen molar-refractivity contribution in [1.82, 2.24) is 0 Å². The Bertz CT molecular complexity index is 745. The molecule has 26 heavy (non-hydrogen) atoms. The van der Waals surface area contributed by atoms with Gasteiger partial charge in [-0.05, 0) is 49.3 Å². The fraction of sp³-hybridized carbons (Fsp3) is 0.400. The van der Waals surface area contributed by atoms with E-state index in [1.54, 1.807) is 12.1 Å². The largest absolute Gasteiger partial charge is 0.393 e. The van der Waals surface area contributed by atoms with E-state index in [-0.39, 0.29) is 10.5 Å². The lowest BCUT2D eigenvalue weighted by molar-refractivity contribution is 0.348. The van der Waals surface area contributed by atoms with Crippen LogP contribution in [0.5, 0.6) is 5.75 Å². The van der Waals surface area contributed by atoms with E-state index >= 15 is 0 Å². The molecule has 0 atom stereocenters. The van der Waals surface area contributed by atoms with E-state index < -0.39 is 28.5 Å². The Kier molecular flexibility index (Phi) is 5.51. The van der Waals surface area contributed by atoms with E-state index in [1.807, 2.05) is 0 Å². The monoisotopic (exact) mass is 386 g/mol. The number of hydrogen-bond donors (Lipinski definition) is 0. The van der Waals surface area contributed by atoms with Crippen LogP contribution in [0.15, 0.2) is 41.3 Å². The van der Waals surface area contributed by atoms with Gasteiger partial charge in [-0.15, -0.1) is 7.77 Å². The first-order chi connectivity index (χ1) is 12.3. The molecule has 1 aliphatic rings. The minimum Gasteiger partial charge on any atom is -0.393 e. The summed E-state index contributed by atoms with van der Waals surface area (Å²) < 4.78 is 60.7. The van der Waals surface area contributed by atoms with Crippen LogP contribution in [0.25, 0.3) is 0 Å². The predicted octanol–water partition coefficient (Wildman–Crippen LogP) is 7.49. The highest BCUT2D eigenvalue weighted by Gasteiger charge is 2.30. The van der Waals surface area contributed by atoms with Gasteiger partial charge in [0.25, 0.3) is 0 Å². The van der Waals surface area contributed by atoms with Gasteiger partial charge in [0.1, 0.15) is 17.4 Å². The highest BCUT2D eigenvalue weighted by atomic mass is 32.3. The molecule has 0 radical (unpaired) electrons. The molecular formula is C20H22F4OS. The van der Waals surface area contributed by atoms with Crippen molar-refractivity contribution in [3.05, 3.63) is 59.2 Å². The van der Waals surface area contributed by atoms with E-state index in [0.29, 0.717) is 5.92 Å². The van der Waals surface area contributed by atoms with E-state index in [2.05, 4.69) is 11.1 Å². The average molecular weight is 386 g/mol. The van der Waals surface area contributed by atoms with Crippen LogP contribution in [0, 0.1) is 24.5 Å². The first kappa shape index (κ1) is 19.1. The molecule has 0 bridgehead atoms. The third kappa shape index (κ3) is 4.17. The molecule has 0 saturated heterocycles. The lowest BCUT2D eigenvalue weighted by Crippen LogP contribution is -2.10. The molecule has 0 aromatic heterocycles. The summed E-state index contributed by atoms with van der Waals surface area (Å²) in [6, 6.07) is 7.74. The van der Waals surface area contributed by atoms with Gasteiger partial charge in [-0.1, -0.05) is 31.9 Å². The maximum atomic E-state index is 14.4. The minimum atomic E-state index is -4.65. The summed E-state index contributed by atoms with van der Waals surface area (Å²) in [5.74, 6) is -1.18. The summed E-state index contributed by atoms with van der Waals surface area (Å²) in [5.41, 5.74) is 0.838. The number of hydrogen-bond acceptors (Lipinski definition) is 1. The van der Waals surface area contributed by atoms with E-state index in [1.165, 1.54) is 19.1 Å². The molecular weight excluding hydrogens is 364 g/mol. The van der Waals surface area contributed by atoms with Crippen LogP contribution in [0.2, 0.25) is 0 Å². The van der Waals surface area contributed by atoms with Gasteiger partial charge in [0.2, 0.25) is 11.1 Å². The van der Waals surface area contributed by atoms with Gasteiger partial charge in [-0.2, -0.15) is 0 Å². The Morgan fingerprint density at radius 2 is 1.46 bits per heavy atom. The molecule has 1 saturated carbocycles. The first-order valence-corrected chi connectivity index (χ1v) is 10.1. The second kappa shape index (κ2) is 7.51. The second-order valence-electron chi connectivity index (χ2n) is 7.04. The lowest BCUT2D eigenvalue weighted by atomic mass is 9.79. The first-order valence-electron chi connectivity index (χ1n) is 8.74.